The molecular formula is C32H29ClFN7O2. The third kappa shape index (κ3) is 4.97. The van der Waals surface area contributed by atoms with E-state index in [0.29, 0.717) is 57.2 Å². The van der Waals surface area contributed by atoms with E-state index in [1.54, 1.807) is 47.4 Å². The fourth-order valence-electron chi connectivity index (χ4n) is 5.80. The molecule has 2 aromatic carbocycles. The molecule has 43 heavy (non-hydrogen) atoms. The highest BCUT2D eigenvalue weighted by molar-refractivity contribution is 6.30. The van der Waals surface area contributed by atoms with Gasteiger partial charge in [0.25, 0.3) is 0 Å². The van der Waals surface area contributed by atoms with Gasteiger partial charge in [0.2, 0.25) is 0 Å². The highest BCUT2D eigenvalue weighted by atomic mass is 35.5. The Morgan fingerprint density at radius 1 is 1.14 bits per heavy atom. The number of hydrogen-bond acceptors (Lipinski definition) is 8. The van der Waals surface area contributed by atoms with Gasteiger partial charge >= 0.3 is 0 Å². The lowest BCUT2D eigenvalue weighted by atomic mass is 9.84. The zero-order valence-corrected chi connectivity index (χ0v) is 24.5. The SMILES string of the molecule is CCC(O)(c1cc(F)c2c(c1)CN(Cc1ncc(C#N)cn1)[C@@]2(OCC1(C#N)CC1)c1ccc(Cl)cc1)c1cn(C)cn1. The summed E-state index contributed by atoms with van der Waals surface area (Å²) >= 11 is 6.27. The molecule has 1 aliphatic carbocycles. The first-order valence-electron chi connectivity index (χ1n) is 14.0. The summed E-state index contributed by atoms with van der Waals surface area (Å²) in [6, 6.07) is 14.6. The lowest BCUT2D eigenvalue weighted by Crippen LogP contribution is -2.46. The van der Waals surface area contributed by atoms with Crippen LogP contribution in [0.2, 0.25) is 5.02 Å². The summed E-state index contributed by atoms with van der Waals surface area (Å²) in [4.78, 5) is 15.0. The summed E-state index contributed by atoms with van der Waals surface area (Å²) in [7, 11) is 1.81. The molecule has 0 amide bonds. The average molecular weight is 598 g/mol. The van der Waals surface area contributed by atoms with Gasteiger partial charge in [-0.15, -0.1) is 0 Å². The molecule has 2 aliphatic rings. The smallest absolute Gasteiger partial charge is 0.177 e. The van der Waals surface area contributed by atoms with Crippen LogP contribution in [-0.2, 0) is 36.2 Å². The van der Waals surface area contributed by atoms with E-state index in [2.05, 4.69) is 21.0 Å². The number of ether oxygens (including phenoxy) is 1. The molecule has 4 aromatic rings. The van der Waals surface area contributed by atoms with Crippen LogP contribution in [0.5, 0.6) is 0 Å². The number of nitriles is 2. The molecule has 2 atom stereocenters. The van der Waals surface area contributed by atoms with Crippen LogP contribution in [0.4, 0.5) is 4.39 Å². The number of aromatic nitrogens is 4. The van der Waals surface area contributed by atoms with Crippen LogP contribution in [0, 0.1) is 33.9 Å². The van der Waals surface area contributed by atoms with Crippen LogP contribution >= 0.6 is 11.6 Å². The Balaban J connectivity index is 1.53. The summed E-state index contributed by atoms with van der Waals surface area (Å²) in [6.45, 7) is 2.29. The number of aryl methyl sites for hydroxylation is 1. The van der Waals surface area contributed by atoms with E-state index < -0.39 is 22.6 Å². The van der Waals surface area contributed by atoms with Gasteiger partial charge in [0, 0.05) is 48.3 Å². The molecule has 6 rings (SSSR count). The van der Waals surface area contributed by atoms with Crippen molar-refractivity contribution in [3.05, 3.63) is 111 Å². The maximum absolute atomic E-state index is 16.7. The van der Waals surface area contributed by atoms with Crippen molar-refractivity contribution in [3.8, 4) is 12.1 Å². The quantitative estimate of drug-likeness (QED) is 0.284. The van der Waals surface area contributed by atoms with Gasteiger partial charge in [-0.3, -0.25) is 4.90 Å². The number of imidazole rings is 1. The van der Waals surface area contributed by atoms with Gasteiger partial charge < -0.3 is 14.4 Å². The minimum absolute atomic E-state index is 0.0876. The van der Waals surface area contributed by atoms with Crippen molar-refractivity contribution in [3.63, 3.8) is 0 Å². The van der Waals surface area contributed by atoms with Crippen LogP contribution in [0.1, 0.15) is 65.5 Å². The second kappa shape index (κ2) is 10.8. The molecule has 218 valence electrons. The van der Waals surface area contributed by atoms with Crippen LogP contribution in [-0.4, -0.2) is 36.1 Å². The van der Waals surface area contributed by atoms with E-state index in [9.17, 15) is 15.6 Å². The van der Waals surface area contributed by atoms with Gasteiger partial charge in [-0.25, -0.2) is 19.3 Å². The van der Waals surface area contributed by atoms with Gasteiger partial charge in [0.05, 0.1) is 42.2 Å². The fourth-order valence-corrected chi connectivity index (χ4v) is 5.93. The van der Waals surface area contributed by atoms with Crippen LogP contribution in [0.25, 0.3) is 0 Å². The summed E-state index contributed by atoms with van der Waals surface area (Å²) in [5.41, 5.74) is -0.974. The normalized spacial score (nSPS) is 20.2. The number of rotatable bonds is 9. The monoisotopic (exact) mass is 597 g/mol. The first-order valence-corrected chi connectivity index (χ1v) is 14.4. The Kier molecular flexibility index (Phi) is 7.27. The largest absolute Gasteiger partial charge is 0.379 e. The van der Waals surface area contributed by atoms with Crippen molar-refractivity contribution < 1.29 is 14.2 Å². The molecule has 0 saturated heterocycles. The van der Waals surface area contributed by atoms with E-state index in [0.717, 1.165) is 0 Å². The second-order valence-electron chi connectivity index (χ2n) is 11.3. The molecule has 1 fully saturated rings. The first kappa shape index (κ1) is 28.9. The van der Waals surface area contributed by atoms with Gasteiger partial charge in [0.1, 0.15) is 23.3 Å². The second-order valence-corrected chi connectivity index (χ2v) is 11.8. The van der Waals surface area contributed by atoms with Crippen molar-refractivity contribution >= 4 is 11.6 Å². The highest BCUT2D eigenvalue weighted by Gasteiger charge is 2.54. The van der Waals surface area contributed by atoms with Crippen molar-refractivity contribution in [2.75, 3.05) is 6.61 Å². The van der Waals surface area contributed by atoms with E-state index in [4.69, 9.17) is 16.3 Å². The Morgan fingerprint density at radius 2 is 1.86 bits per heavy atom. The highest BCUT2D eigenvalue weighted by Crippen LogP contribution is 2.52. The molecule has 0 bridgehead atoms. The molecule has 2 aromatic heterocycles. The molecule has 1 N–H and O–H groups in total. The van der Waals surface area contributed by atoms with Gasteiger partial charge in [-0.2, -0.15) is 10.5 Å². The van der Waals surface area contributed by atoms with Crippen LogP contribution in [0.3, 0.4) is 0 Å². The summed E-state index contributed by atoms with van der Waals surface area (Å²) in [5.74, 6) is -0.148. The lowest BCUT2D eigenvalue weighted by Gasteiger charge is -2.40. The topological polar surface area (TPSA) is 124 Å². The third-order valence-electron chi connectivity index (χ3n) is 8.49. The minimum atomic E-state index is -1.52. The predicted molar refractivity (Wildman–Crippen MR) is 154 cm³/mol. The Morgan fingerprint density at radius 3 is 2.44 bits per heavy atom. The van der Waals surface area contributed by atoms with E-state index >= 15 is 4.39 Å². The van der Waals surface area contributed by atoms with Crippen molar-refractivity contribution in [1.29, 1.82) is 10.5 Å². The molecule has 0 spiro atoms. The number of halogens is 2. The summed E-state index contributed by atoms with van der Waals surface area (Å²) in [5, 5.41) is 31.4. The van der Waals surface area contributed by atoms with Gasteiger partial charge in [0.15, 0.2) is 5.72 Å². The number of nitrogens with zero attached hydrogens (tertiary/aromatic N) is 7. The molecule has 1 aliphatic heterocycles. The van der Waals surface area contributed by atoms with Gasteiger partial charge in [-0.05, 0) is 48.6 Å². The Hall–Kier alpha value is -4.19. The number of hydrogen-bond donors (Lipinski definition) is 1. The number of fused-ring (bicyclic) bond motifs is 1. The lowest BCUT2D eigenvalue weighted by molar-refractivity contribution is -0.141. The first-order chi connectivity index (χ1) is 20.7. The Bertz CT molecular complexity index is 1760. The Labute approximate surface area is 253 Å². The predicted octanol–water partition coefficient (Wildman–Crippen LogP) is 5.06. The maximum Gasteiger partial charge on any atom is 0.177 e. The molecule has 3 heterocycles. The van der Waals surface area contributed by atoms with E-state index in [1.165, 1.54) is 18.5 Å². The molecule has 0 radical (unpaired) electrons. The van der Waals surface area contributed by atoms with Crippen LogP contribution < -0.4 is 0 Å². The average Bonchev–Trinajstić information content (AvgIpc) is 3.56. The zero-order valence-electron chi connectivity index (χ0n) is 23.8. The summed E-state index contributed by atoms with van der Waals surface area (Å²) in [6.07, 6.45) is 7.87. The van der Waals surface area contributed by atoms with E-state index in [-0.39, 0.29) is 26.1 Å². The van der Waals surface area contributed by atoms with Crippen molar-refractivity contribution in [2.45, 2.75) is 50.6 Å². The third-order valence-corrected chi connectivity index (χ3v) is 8.74. The van der Waals surface area contributed by atoms with Crippen molar-refractivity contribution in [1.82, 2.24) is 24.4 Å². The minimum Gasteiger partial charge on any atom is -0.379 e. The van der Waals surface area contributed by atoms with Crippen molar-refractivity contribution in [2.24, 2.45) is 12.5 Å². The van der Waals surface area contributed by atoms with Gasteiger partial charge in [-0.1, -0.05) is 36.7 Å². The molecular weight excluding hydrogens is 569 g/mol. The summed E-state index contributed by atoms with van der Waals surface area (Å²) < 4.78 is 25.2. The number of benzene rings is 2. The molecule has 1 saturated carbocycles. The molecule has 9 nitrogen and oxygen atoms in total. The fraction of sp³-hybridized carbons (Fsp3) is 0.344. The zero-order chi connectivity index (χ0) is 30.4. The van der Waals surface area contributed by atoms with E-state index in [1.807, 2.05) is 24.9 Å². The molecule has 1 unspecified atom stereocenters. The molecule has 11 heteroatoms. The standard InChI is InChI=1S/C32H29ClFN7O2/c1-3-31(42,27-16-40(2)20-39-27)24-10-22-15-41(17-28-37-13-21(12-35)14-38-28)32(29(22)26(34)11-24,23-4-6-25(33)7-5-23)43-19-30(18-36)8-9-30/h4-7,10-11,13-14,16,20,42H,3,8-9,15,17,19H2,1-2H3/t31?,32-/m1/s1. The maximum atomic E-state index is 16.7. The van der Waals surface area contributed by atoms with Crippen LogP contribution in [0.15, 0.2) is 61.3 Å². The number of aliphatic hydroxyl groups is 1.